The van der Waals surface area contributed by atoms with Crippen molar-refractivity contribution in [3.05, 3.63) is 24.0 Å². The van der Waals surface area contributed by atoms with Gasteiger partial charge in [-0.1, -0.05) is 25.0 Å². The third-order valence-corrected chi connectivity index (χ3v) is 6.43. The first-order valence-corrected chi connectivity index (χ1v) is 10.0. The van der Waals surface area contributed by atoms with Gasteiger partial charge in [0.1, 0.15) is 0 Å². The Morgan fingerprint density at radius 2 is 2.00 bits per heavy atom. The number of fused-ring (bicyclic) bond motifs is 1. The largest absolute Gasteiger partial charge is 0.500 e. The molecule has 0 aromatic rings. The summed E-state index contributed by atoms with van der Waals surface area (Å²) in [6.45, 7) is 1.66. The molecule has 4 nitrogen and oxygen atoms in total. The lowest BCUT2D eigenvalue weighted by atomic mass is 9.89. The molecule has 3 saturated carbocycles. The van der Waals surface area contributed by atoms with Gasteiger partial charge in [-0.05, 0) is 69.5 Å². The highest BCUT2D eigenvalue weighted by molar-refractivity contribution is 5.16. The molecule has 0 heterocycles. The zero-order chi connectivity index (χ0) is 17.8. The first kappa shape index (κ1) is 18.9. The summed E-state index contributed by atoms with van der Waals surface area (Å²) in [4.78, 5) is 2.12. The van der Waals surface area contributed by atoms with Crippen LogP contribution in [0.1, 0.15) is 44.9 Å². The fraction of sp³-hybridized carbons (Fsp3) is 0.810. The first-order chi connectivity index (χ1) is 12.0. The number of nitrogens with zero attached hydrogens (tertiary/aromatic N) is 1. The second kappa shape index (κ2) is 8.70. The molecule has 3 fully saturated rings. The highest BCUT2D eigenvalue weighted by Gasteiger charge is 2.45. The monoisotopic (exact) mass is 349 g/mol. The summed E-state index contributed by atoms with van der Waals surface area (Å²) >= 11 is 0. The highest BCUT2D eigenvalue weighted by atomic mass is 16.5. The minimum Gasteiger partial charge on any atom is -0.500 e. The fourth-order valence-electron chi connectivity index (χ4n) is 4.98. The molecule has 0 saturated heterocycles. The molecule has 0 amide bonds. The average Bonchev–Trinajstić information content (AvgIpc) is 3.26. The minimum absolute atomic E-state index is 0.189. The predicted molar refractivity (Wildman–Crippen MR) is 100 cm³/mol. The molecule has 142 valence electrons. The van der Waals surface area contributed by atoms with E-state index in [-0.39, 0.29) is 18.1 Å². The summed E-state index contributed by atoms with van der Waals surface area (Å²) in [5.74, 6) is 1.69. The maximum atomic E-state index is 10.4. The lowest BCUT2D eigenvalue weighted by Gasteiger charge is -2.19. The van der Waals surface area contributed by atoms with Gasteiger partial charge in [0.25, 0.3) is 0 Å². The Hall–Kier alpha value is -0.840. The van der Waals surface area contributed by atoms with Gasteiger partial charge in [-0.15, -0.1) is 0 Å². The van der Waals surface area contributed by atoms with E-state index < -0.39 is 0 Å². The standard InChI is InChI=1S/C21H35NO3/c1-22(2)9-10-25-14-15-11-17-13-21(24)18(19(17)12-15)7-8-20(23)16-5-3-4-6-16/h7-8,14,16-21,23-24H,3-6,9-13H2,1-2H3/b8-7+,15-14+/t17-,18+,19-,20+,21+/m0/s1. The van der Waals surface area contributed by atoms with Crippen LogP contribution in [0.2, 0.25) is 0 Å². The van der Waals surface area contributed by atoms with Gasteiger partial charge in [0.15, 0.2) is 0 Å². The Bertz CT molecular complexity index is 482. The number of ether oxygens (including phenoxy) is 1. The maximum absolute atomic E-state index is 10.4. The first-order valence-electron chi connectivity index (χ1n) is 10.0. The summed E-state index contributed by atoms with van der Waals surface area (Å²) in [5, 5.41) is 20.8. The zero-order valence-corrected chi connectivity index (χ0v) is 15.8. The second-order valence-corrected chi connectivity index (χ2v) is 8.58. The van der Waals surface area contributed by atoms with Crippen LogP contribution in [0, 0.1) is 23.7 Å². The van der Waals surface area contributed by atoms with Crippen molar-refractivity contribution in [2.45, 2.75) is 57.2 Å². The highest BCUT2D eigenvalue weighted by Crippen LogP contribution is 2.50. The number of likely N-dealkylation sites (N-methyl/N-ethyl adjacent to an activating group) is 1. The number of aliphatic hydroxyl groups excluding tert-OH is 2. The molecule has 4 heteroatoms. The lowest BCUT2D eigenvalue weighted by Crippen LogP contribution is -2.19. The van der Waals surface area contributed by atoms with Crippen LogP contribution in [-0.4, -0.2) is 54.6 Å². The predicted octanol–water partition coefficient (Wildman–Crippen LogP) is 2.96. The number of hydrogen-bond acceptors (Lipinski definition) is 4. The quantitative estimate of drug-likeness (QED) is 0.421. The molecule has 3 rings (SSSR count). The van der Waals surface area contributed by atoms with Crippen LogP contribution in [0.5, 0.6) is 0 Å². The number of rotatable bonds is 7. The van der Waals surface area contributed by atoms with E-state index in [9.17, 15) is 10.2 Å². The fourth-order valence-corrected chi connectivity index (χ4v) is 4.98. The summed E-state index contributed by atoms with van der Waals surface area (Å²) in [6.07, 6.45) is 13.2. The summed E-state index contributed by atoms with van der Waals surface area (Å²) in [6, 6.07) is 0. The van der Waals surface area contributed by atoms with E-state index >= 15 is 0 Å². The van der Waals surface area contributed by atoms with Crippen molar-refractivity contribution in [3.63, 3.8) is 0 Å². The van der Waals surface area contributed by atoms with E-state index in [4.69, 9.17) is 4.74 Å². The molecule has 0 aliphatic heterocycles. The average molecular weight is 350 g/mol. The number of hydrogen-bond donors (Lipinski definition) is 2. The Labute approximate surface area is 152 Å². The molecule has 25 heavy (non-hydrogen) atoms. The molecule has 5 atom stereocenters. The number of allylic oxidation sites excluding steroid dienone is 1. The molecule has 0 spiro atoms. The molecule has 0 radical (unpaired) electrons. The zero-order valence-electron chi connectivity index (χ0n) is 15.8. The van der Waals surface area contributed by atoms with Crippen molar-refractivity contribution in [2.75, 3.05) is 27.2 Å². The van der Waals surface area contributed by atoms with Crippen LogP contribution in [0.4, 0.5) is 0 Å². The molecule has 3 aliphatic carbocycles. The van der Waals surface area contributed by atoms with Crippen LogP contribution >= 0.6 is 0 Å². The van der Waals surface area contributed by atoms with Crippen LogP contribution < -0.4 is 0 Å². The second-order valence-electron chi connectivity index (χ2n) is 8.58. The molecular formula is C21H35NO3. The van der Waals surface area contributed by atoms with E-state index in [1.807, 2.05) is 12.3 Å². The summed E-state index contributed by atoms with van der Waals surface area (Å²) < 4.78 is 5.70. The normalized spacial score (nSPS) is 36.0. The van der Waals surface area contributed by atoms with Gasteiger partial charge in [-0.2, -0.15) is 0 Å². The van der Waals surface area contributed by atoms with Gasteiger partial charge in [0.2, 0.25) is 0 Å². The summed E-state index contributed by atoms with van der Waals surface area (Å²) in [7, 11) is 4.10. The maximum Gasteiger partial charge on any atom is 0.0999 e. The van der Waals surface area contributed by atoms with E-state index in [0.717, 1.165) is 45.3 Å². The van der Waals surface area contributed by atoms with Crippen molar-refractivity contribution < 1.29 is 14.9 Å². The molecule has 0 aromatic carbocycles. The van der Waals surface area contributed by atoms with Crippen LogP contribution in [0.15, 0.2) is 24.0 Å². The van der Waals surface area contributed by atoms with Gasteiger partial charge in [0, 0.05) is 12.5 Å². The smallest absolute Gasteiger partial charge is 0.0999 e. The Kier molecular flexibility index (Phi) is 6.59. The van der Waals surface area contributed by atoms with Crippen molar-refractivity contribution in [3.8, 4) is 0 Å². The third-order valence-electron chi connectivity index (χ3n) is 6.43. The Morgan fingerprint density at radius 3 is 2.72 bits per heavy atom. The van der Waals surface area contributed by atoms with Crippen molar-refractivity contribution in [1.82, 2.24) is 4.90 Å². The summed E-state index contributed by atoms with van der Waals surface area (Å²) in [5.41, 5.74) is 1.38. The molecule has 3 aliphatic rings. The molecule has 0 aromatic heterocycles. The minimum atomic E-state index is -0.334. The molecule has 0 unspecified atom stereocenters. The van der Waals surface area contributed by atoms with E-state index in [2.05, 4.69) is 25.1 Å². The van der Waals surface area contributed by atoms with Gasteiger partial charge < -0.3 is 19.8 Å². The van der Waals surface area contributed by atoms with Gasteiger partial charge in [-0.25, -0.2) is 0 Å². The van der Waals surface area contributed by atoms with Gasteiger partial charge >= 0.3 is 0 Å². The van der Waals surface area contributed by atoms with Crippen LogP contribution in [0.25, 0.3) is 0 Å². The molecule has 2 N–H and O–H groups in total. The Balaban J connectivity index is 1.52. The SMILES string of the molecule is CN(C)CCO/C=C1\C[C@H]2C[C@@H](O)[C@H](/C=C/[C@@H](O)C3CCCC3)[C@H]2C1. The van der Waals surface area contributed by atoms with Crippen molar-refractivity contribution in [1.29, 1.82) is 0 Å². The topological polar surface area (TPSA) is 52.9 Å². The molecular weight excluding hydrogens is 314 g/mol. The molecule has 0 bridgehead atoms. The lowest BCUT2D eigenvalue weighted by molar-refractivity contribution is 0.135. The van der Waals surface area contributed by atoms with Gasteiger partial charge in [-0.3, -0.25) is 0 Å². The van der Waals surface area contributed by atoms with E-state index in [0.29, 0.717) is 17.8 Å². The number of aliphatic hydroxyl groups is 2. The van der Waals surface area contributed by atoms with Crippen LogP contribution in [-0.2, 0) is 4.74 Å². The van der Waals surface area contributed by atoms with Crippen molar-refractivity contribution >= 4 is 0 Å². The third kappa shape index (κ3) is 4.87. The van der Waals surface area contributed by atoms with Crippen molar-refractivity contribution in [2.24, 2.45) is 23.7 Å². The van der Waals surface area contributed by atoms with E-state index in [1.165, 1.54) is 18.4 Å². The van der Waals surface area contributed by atoms with Gasteiger partial charge in [0.05, 0.1) is 25.1 Å². The Morgan fingerprint density at radius 1 is 1.24 bits per heavy atom. The van der Waals surface area contributed by atoms with Crippen LogP contribution in [0.3, 0.4) is 0 Å². The van der Waals surface area contributed by atoms with E-state index in [1.54, 1.807) is 0 Å².